The fourth-order valence-corrected chi connectivity index (χ4v) is 2.25. The number of carbonyl (C=O) groups excluding carboxylic acids is 1. The lowest BCUT2D eigenvalue weighted by atomic mass is 10.1. The van der Waals surface area contributed by atoms with Crippen LogP contribution < -0.4 is 14.8 Å². The van der Waals surface area contributed by atoms with E-state index in [2.05, 4.69) is 26.1 Å². The Bertz CT molecular complexity index is 682. The molecule has 0 aliphatic rings. The topological polar surface area (TPSA) is 47.6 Å². The molecule has 0 heterocycles. The molecule has 0 aliphatic carbocycles. The Morgan fingerprint density at radius 3 is 2.40 bits per heavy atom. The number of nitrogens with one attached hydrogen (secondary N) is 1. The van der Waals surface area contributed by atoms with Crippen LogP contribution in [0.5, 0.6) is 11.5 Å². The van der Waals surface area contributed by atoms with Gasteiger partial charge in [0.25, 0.3) is 5.91 Å². The SMILES string of the molecule is CCCCOc1ccccc1C(=O)Nc1ccccc1OCC(C)C. The van der Waals surface area contributed by atoms with Crippen molar-refractivity contribution in [3.05, 3.63) is 54.1 Å². The zero-order valence-electron chi connectivity index (χ0n) is 15.2. The summed E-state index contributed by atoms with van der Waals surface area (Å²) in [6.07, 6.45) is 2.01. The van der Waals surface area contributed by atoms with Crippen molar-refractivity contribution < 1.29 is 14.3 Å². The first-order chi connectivity index (χ1) is 12.1. The van der Waals surface area contributed by atoms with Crippen molar-refractivity contribution in [3.8, 4) is 11.5 Å². The van der Waals surface area contributed by atoms with Crippen LogP contribution in [0.4, 0.5) is 5.69 Å². The molecule has 0 saturated heterocycles. The van der Waals surface area contributed by atoms with Crippen molar-refractivity contribution in [3.63, 3.8) is 0 Å². The number of carbonyl (C=O) groups is 1. The van der Waals surface area contributed by atoms with E-state index in [1.165, 1.54) is 0 Å². The van der Waals surface area contributed by atoms with Gasteiger partial charge in [0.2, 0.25) is 0 Å². The standard InChI is InChI=1S/C21H27NO3/c1-4-5-14-24-19-12-8-6-10-17(19)21(23)22-18-11-7-9-13-20(18)25-15-16(2)3/h6-13,16H,4-5,14-15H2,1-3H3,(H,22,23). The summed E-state index contributed by atoms with van der Waals surface area (Å²) in [5.74, 6) is 1.49. The summed E-state index contributed by atoms with van der Waals surface area (Å²) in [5.41, 5.74) is 1.19. The molecule has 0 saturated carbocycles. The fraction of sp³-hybridized carbons (Fsp3) is 0.381. The molecule has 0 spiro atoms. The van der Waals surface area contributed by atoms with Gasteiger partial charge in [0.05, 0.1) is 24.5 Å². The number of para-hydroxylation sites is 3. The maximum absolute atomic E-state index is 12.7. The Balaban J connectivity index is 2.12. The van der Waals surface area contributed by atoms with Crippen LogP contribution in [0.3, 0.4) is 0 Å². The van der Waals surface area contributed by atoms with E-state index in [1.807, 2.05) is 42.5 Å². The number of unbranched alkanes of at least 4 members (excludes halogenated alkanes) is 1. The maximum atomic E-state index is 12.7. The molecule has 1 amide bonds. The van der Waals surface area contributed by atoms with Crippen molar-refractivity contribution >= 4 is 11.6 Å². The Hall–Kier alpha value is -2.49. The van der Waals surface area contributed by atoms with Gasteiger partial charge in [-0.15, -0.1) is 0 Å². The van der Waals surface area contributed by atoms with Gasteiger partial charge in [0.15, 0.2) is 0 Å². The van der Waals surface area contributed by atoms with Gasteiger partial charge < -0.3 is 14.8 Å². The number of rotatable bonds is 9. The van der Waals surface area contributed by atoms with Crippen molar-refractivity contribution in [2.24, 2.45) is 5.92 Å². The molecular formula is C21H27NO3. The summed E-state index contributed by atoms with van der Waals surface area (Å²) in [4.78, 5) is 12.7. The molecule has 25 heavy (non-hydrogen) atoms. The molecule has 2 aromatic carbocycles. The summed E-state index contributed by atoms with van der Waals surface area (Å²) in [7, 11) is 0. The summed E-state index contributed by atoms with van der Waals surface area (Å²) in [5, 5.41) is 2.94. The zero-order chi connectivity index (χ0) is 18.1. The monoisotopic (exact) mass is 341 g/mol. The van der Waals surface area contributed by atoms with E-state index in [4.69, 9.17) is 9.47 Å². The van der Waals surface area contributed by atoms with Crippen molar-refractivity contribution in [2.45, 2.75) is 33.6 Å². The average molecular weight is 341 g/mol. The highest BCUT2D eigenvalue weighted by molar-refractivity contribution is 6.06. The largest absolute Gasteiger partial charge is 0.493 e. The number of anilines is 1. The first kappa shape index (κ1) is 18.8. The molecule has 0 atom stereocenters. The van der Waals surface area contributed by atoms with E-state index in [1.54, 1.807) is 6.07 Å². The van der Waals surface area contributed by atoms with Gasteiger partial charge in [0.1, 0.15) is 11.5 Å². The molecule has 0 aromatic heterocycles. The van der Waals surface area contributed by atoms with E-state index in [9.17, 15) is 4.79 Å². The van der Waals surface area contributed by atoms with E-state index in [-0.39, 0.29) is 5.91 Å². The van der Waals surface area contributed by atoms with Gasteiger partial charge in [-0.2, -0.15) is 0 Å². The first-order valence-corrected chi connectivity index (χ1v) is 8.86. The van der Waals surface area contributed by atoms with E-state index in [0.29, 0.717) is 41.9 Å². The van der Waals surface area contributed by atoms with E-state index < -0.39 is 0 Å². The third-order valence-corrected chi connectivity index (χ3v) is 3.59. The molecule has 0 bridgehead atoms. The van der Waals surface area contributed by atoms with E-state index in [0.717, 1.165) is 12.8 Å². The van der Waals surface area contributed by atoms with Crippen LogP contribution in [-0.2, 0) is 0 Å². The summed E-state index contributed by atoms with van der Waals surface area (Å²) in [6, 6.07) is 14.8. The Morgan fingerprint density at radius 2 is 1.68 bits per heavy atom. The van der Waals surface area contributed by atoms with Crippen LogP contribution in [0.15, 0.2) is 48.5 Å². The minimum Gasteiger partial charge on any atom is -0.493 e. The van der Waals surface area contributed by atoms with Gasteiger partial charge >= 0.3 is 0 Å². The first-order valence-electron chi connectivity index (χ1n) is 8.86. The van der Waals surface area contributed by atoms with Crippen molar-refractivity contribution in [2.75, 3.05) is 18.5 Å². The quantitative estimate of drug-likeness (QED) is 0.641. The lowest BCUT2D eigenvalue weighted by Crippen LogP contribution is -2.15. The number of benzene rings is 2. The molecule has 0 fully saturated rings. The third kappa shape index (κ3) is 5.82. The third-order valence-electron chi connectivity index (χ3n) is 3.59. The molecule has 4 nitrogen and oxygen atoms in total. The molecule has 134 valence electrons. The average Bonchev–Trinajstić information content (AvgIpc) is 2.61. The molecule has 0 aliphatic heterocycles. The number of hydrogen-bond donors (Lipinski definition) is 1. The Morgan fingerprint density at radius 1 is 1.00 bits per heavy atom. The molecule has 2 aromatic rings. The lowest BCUT2D eigenvalue weighted by Gasteiger charge is -2.15. The van der Waals surface area contributed by atoms with Gasteiger partial charge in [-0.3, -0.25) is 4.79 Å². The van der Waals surface area contributed by atoms with Crippen molar-refractivity contribution in [1.82, 2.24) is 0 Å². The molecular weight excluding hydrogens is 314 g/mol. The predicted octanol–water partition coefficient (Wildman–Crippen LogP) is 5.15. The van der Waals surface area contributed by atoms with Crippen LogP contribution in [0.2, 0.25) is 0 Å². The number of hydrogen-bond acceptors (Lipinski definition) is 3. The van der Waals surface area contributed by atoms with E-state index >= 15 is 0 Å². The van der Waals surface area contributed by atoms with Crippen LogP contribution >= 0.6 is 0 Å². The summed E-state index contributed by atoms with van der Waals surface area (Å²) < 4.78 is 11.6. The zero-order valence-corrected chi connectivity index (χ0v) is 15.2. The van der Waals surface area contributed by atoms with Crippen LogP contribution in [0, 0.1) is 5.92 Å². The highest BCUT2D eigenvalue weighted by Crippen LogP contribution is 2.26. The van der Waals surface area contributed by atoms with Crippen LogP contribution in [0.25, 0.3) is 0 Å². The molecule has 4 heteroatoms. The van der Waals surface area contributed by atoms with Gasteiger partial charge in [-0.05, 0) is 36.6 Å². The number of amides is 1. The van der Waals surface area contributed by atoms with Crippen molar-refractivity contribution in [1.29, 1.82) is 0 Å². The highest BCUT2D eigenvalue weighted by atomic mass is 16.5. The van der Waals surface area contributed by atoms with Gasteiger partial charge in [-0.1, -0.05) is 51.5 Å². The minimum atomic E-state index is -0.201. The lowest BCUT2D eigenvalue weighted by molar-refractivity contribution is 0.102. The van der Waals surface area contributed by atoms with Gasteiger partial charge in [-0.25, -0.2) is 0 Å². The predicted molar refractivity (Wildman–Crippen MR) is 102 cm³/mol. The Kier molecular flexibility index (Phi) is 7.33. The smallest absolute Gasteiger partial charge is 0.259 e. The summed E-state index contributed by atoms with van der Waals surface area (Å²) in [6.45, 7) is 7.49. The molecule has 0 unspecified atom stereocenters. The molecule has 0 radical (unpaired) electrons. The number of ether oxygens (including phenoxy) is 2. The van der Waals surface area contributed by atoms with Crippen LogP contribution in [0.1, 0.15) is 44.0 Å². The van der Waals surface area contributed by atoms with Gasteiger partial charge in [0, 0.05) is 0 Å². The maximum Gasteiger partial charge on any atom is 0.259 e. The Labute approximate surface area is 150 Å². The second-order valence-electron chi connectivity index (χ2n) is 6.35. The van der Waals surface area contributed by atoms with Crippen LogP contribution in [-0.4, -0.2) is 19.1 Å². The summed E-state index contributed by atoms with van der Waals surface area (Å²) >= 11 is 0. The molecule has 1 N–H and O–H groups in total. The fourth-order valence-electron chi connectivity index (χ4n) is 2.25. The highest BCUT2D eigenvalue weighted by Gasteiger charge is 2.14. The minimum absolute atomic E-state index is 0.201. The molecule has 2 rings (SSSR count). The second-order valence-corrected chi connectivity index (χ2v) is 6.35. The normalized spacial score (nSPS) is 10.6. The second kappa shape index (κ2) is 9.72.